The Morgan fingerprint density at radius 2 is 1.83 bits per heavy atom. The number of hydrogen-bond acceptors (Lipinski definition) is 2. The van der Waals surface area contributed by atoms with E-state index < -0.39 is 0 Å². The van der Waals surface area contributed by atoms with Gasteiger partial charge < -0.3 is 0 Å². The molecule has 0 aromatic heterocycles. The van der Waals surface area contributed by atoms with Crippen molar-refractivity contribution in [3.63, 3.8) is 0 Å². The molecule has 0 amide bonds. The van der Waals surface area contributed by atoms with Crippen LogP contribution in [0.25, 0.3) is 10.8 Å². The van der Waals surface area contributed by atoms with Crippen molar-refractivity contribution in [2.75, 3.05) is 5.06 Å². The Balaban J connectivity index is 1.86. The van der Waals surface area contributed by atoms with Crippen molar-refractivity contribution in [2.24, 2.45) is 0 Å². The lowest BCUT2D eigenvalue weighted by Gasteiger charge is -2.42. The van der Waals surface area contributed by atoms with Crippen LogP contribution in [0.3, 0.4) is 0 Å². The average Bonchev–Trinajstić information content (AvgIpc) is 2.48. The van der Waals surface area contributed by atoms with Crippen molar-refractivity contribution < 1.29 is 4.84 Å². The van der Waals surface area contributed by atoms with Crippen molar-refractivity contribution in [1.82, 2.24) is 0 Å². The van der Waals surface area contributed by atoms with E-state index >= 15 is 0 Å². The SMILES string of the molecule is C1=CC2CCC1ON2c1cccc2ccccc12. The molecule has 90 valence electrons. The minimum Gasteiger partial charge on any atom is -0.265 e. The molecule has 2 aromatic rings. The van der Waals surface area contributed by atoms with Gasteiger partial charge in [0.2, 0.25) is 0 Å². The lowest BCUT2D eigenvalue weighted by molar-refractivity contribution is 0.00401. The van der Waals surface area contributed by atoms with Crippen LogP contribution >= 0.6 is 0 Å². The van der Waals surface area contributed by atoms with E-state index in [0.717, 1.165) is 6.42 Å². The molecule has 0 spiro atoms. The first-order valence-electron chi connectivity index (χ1n) is 6.54. The van der Waals surface area contributed by atoms with Gasteiger partial charge >= 0.3 is 0 Å². The topological polar surface area (TPSA) is 12.5 Å². The van der Waals surface area contributed by atoms with Gasteiger partial charge in [0, 0.05) is 5.39 Å². The molecule has 2 heterocycles. The van der Waals surface area contributed by atoms with Crippen molar-refractivity contribution >= 4 is 16.5 Å². The second-order valence-corrected chi connectivity index (χ2v) is 5.00. The molecular formula is C16H15NO. The maximum absolute atomic E-state index is 6.03. The molecule has 3 aliphatic rings. The summed E-state index contributed by atoms with van der Waals surface area (Å²) in [6, 6.07) is 15.3. The van der Waals surface area contributed by atoms with Crippen LogP contribution in [-0.4, -0.2) is 12.1 Å². The summed E-state index contributed by atoms with van der Waals surface area (Å²) in [5.74, 6) is 0. The van der Waals surface area contributed by atoms with Crippen LogP contribution in [0.5, 0.6) is 0 Å². The predicted octanol–water partition coefficient (Wildman–Crippen LogP) is 3.68. The summed E-state index contributed by atoms with van der Waals surface area (Å²) >= 11 is 0. The fourth-order valence-electron chi connectivity index (χ4n) is 2.92. The summed E-state index contributed by atoms with van der Waals surface area (Å²) < 4.78 is 0. The van der Waals surface area contributed by atoms with Gasteiger partial charge in [-0.3, -0.25) is 4.84 Å². The second-order valence-electron chi connectivity index (χ2n) is 5.00. The quantitative estimate of drug-likeness (QED) is 0.701. The molecule has 2 nitrogen and oxygen atoms in total. The van der Waals surface area contributed by atoms with Crippen LogP contribution in [0.15, 0.2) is 54.6 Å². The van der Waals surface area contributed by atoms with E-state index in [2.05, 4.69) is 59.7 Å². The molecule has 0 N–H and O–H groups in total. The third-order valence-electron chi connectivity index (χ3n) is 3.85. The van der Waals surface area contributed by atoms with E-state index in [-0.39, 0.29) is 6.10 Å². The first-order chi connectivity index (χ1) is 8.92. The number of hydroxylamine groups is 1. The minimum absolute atomic E-state index is 0.258. The number of nitrogens with zero attached hydrogens (tertiary/aromatic N) is 1. The molecule has 1 saturated heterocycles. The number of hydrogen-bond donors (Lipinski definition) is 0. The predicted molar refractivity (Wildman–Crippen MR) is 73.5 cm³/mol. The first-order valence-corrected chi connectivity index (χ1v) is 6.54. The maximum atomic E-state index is 6.03. The van der Waals surface area contributed by atoms with Gasteiger partial charge in [-0.1, -0.05) is 48.6 Å². The molecular weight excluding hydrogens is 222 g/mol. The fourth-order valence-corrected chi connectivity index (χ4v) is 2.92. The van der Waals surface area contributed by atoms with E-state index in [1.165, 1.54) is 22.9 Å². The Morgan fingerprint density at radius 1 is 0.944 bits per heavy atom. The van der Waals surface area contributed by atoms with Crippen molar-refractivity contribution in [3.8, 4) is 0 Å². The first kappa shape index (κ1) is 10.2. The van der Waals surface area contributed by atoms with Gasteiger partial charge in [0.25, 0.3) is 0 Å². The summed E-state index contributed by atoms with van der Waals surface area (Å²) in [5, 5.41) is 4.63. The fraction of sp³-hybridized carbons (Fsp3) is 0.250. The van der Waals surface area contributed by atoms with Gasteiger partial charge in [0.15, 0.2) is 0 Å². The summed E-state index contributed by atoms with van der Waals surface area (Å²) in [6.45, 7) is 0. The molecule has 18 heavy (non-hydrogen) atoms. The molecule has 1 fully saturated rings. The molecule has 0 radical (unpaired) electrons. The number of rotatable bonds is 1. The standard InChI is InChI=1S/C16H15NO/c1-2-6-15-12(4-1)5-3-7-16(15)17-13-8-10-14(18-17)11-9-13/h1-8,10,13-14H,9,11H2. The normalized spacial score (nSPS) is 25.9. The monoisotopic (exact) mass is 237 g/mol. The van der Waals surface area contributed by atoms with Crippen LogP contribution in [0.1, 0.15) is 12.8 Å². The smallest absolute Gasteiger partial charge is 0.104 e. The highest BCUT2D eigenvalue weighted by Gasteiger charge is 2.31. The molecule has 2 bridgehead atoms. The zero-order chi connectivity index (χ0) is 11.9. The number of fused-ring (bicyclic) bond motifs is 3. The summed E-state index contributed by atoms with van der Waals surface area (Å²) in [6.07, 6.45) is 7.05. The Hall–Kier alpha value is -1.80. The Kier molecular flexibility index (Phi) is 2.17. The van der Waals surface area contributed by atoms with E-state index in [4.69, 9.17) is 4.84 Å². The van der Waals surface area contributed by atoms with Gasteiger partial charge in [-0.2, -0.15) is 0 Å². The summed E-state index contributed by atoms with van der Waals surface area (Å²) in [7, 11) is 0. The van der Waals surface area contributed by atoms with Gasteiger partial charge in [-0.05, 0) is 24.3 Å². The molecule has 2 aromatic carbocycles. The zero-order valence-corrected chi connectivity index (χ0v) is 10.1. The Bertz CT molecular complexity index is 614. The lowest BCUT2D eigenvalue weighted by atomic mass is 9.97. The highest BCUT2D eigenvalue weighted by molar-refractivity contribution is 5.94. The van der Waals surface area contributed by atoms with Crippen LogP contribution in [0.4, 0.5) is 5.69 Å². The number of benzene rings is 2. The highest BCUT2D eigenvalue weighted by Crippen LogP contribution is 2.35. The van der Waals surface area contributed by atoms with Gasteiger partial charge in [-0.25, -0.2) is 5.06 Å². The van der Waals surface area contributed by atoms with Crippen LogP contribution in [0.2, 0.25) is 0 Å². The average molecular weight is 237 g/mol. The van der Waals surface area contributed by atoms with Crippen molar-refractivity contribution in [3.05, 3.63) is 54.6 Å². The molecule has 2 unspecified atom stereocenters. The second kappa shape index (κ2) is 3.85. The lowest BCUT2D eigenvalue weighted by Crippen LogP contribution is -2.45. The molecule has 5 rings (SSSR count). The summed E-state index contributed by atoms with van der Waals surface area (Å²) in [5.41, 5.74) is 1.19. The highest BCUT2D eigenvalue weighted by atomic mass is 16.7. The Morgan fingerprint density at radius 3 is 2.61 bits per heavy atom. The largest absolute Gasteiger partial charge is 0.265 e. The van der Waals surface area contributed by atoms with E-state index in [1.807, 2.05) is 0 Å². The summed E-state index contributed by atoms with van der Waals surface area (Å²) in [4.78, 5) is 6.03. The number of anilines is 1. The van der Waals surface area contributed by atoms with E-state index in [9.17, 15) is 0 Å². The molecule has 0 saturated carbocycles. The van der Waals surface area contributed by atoms with Crippen LogP contribution in [-0.2, 0) is 4.84 Å². The van der Waals surface area contributed by atoms with Crippen LogP contribution in [0, 0.1) is 0 Å². The minimum atomic E-state index is 0.258. The Labute approximate surface area is 106 Å². The van der Waals surface area contributed by atoms with Crippen molar-refractivity contribution in [2.45, 2.75) is 25.0 Å². The van der Waals surface area contributed by atoms with Gasteiger partial charge in [0.1, 0.15) is 6.10 Å². The molecule has 2 heteroatoms. The third-order valence-corrected chi connectivity index (χ3v) is 3.85. The third kappa shape index (κ3) is 1.46. The molecule has 2 atom stereocenters. The molecule has 1 aliphatic carbocycles. The zero-order valence-electron chi connectivity index (χ0n) is 10.1. The van der Waals surface area contributed by atoms with Gasteiger partial charge in [0.05, 0.1) is 11.7 Å². The van der Waals surface area contributed by atoms with Gasteiger partial charge in [-0.15, -0.1) is 0 Å². The van der Waals surface area contributed by atoms with Crippen LogP contribution < -0.4 is 5.06 Å². The van der Waals surface area contributed by atoms with E-state index in [0.29, 0.717) is 6.04 Å². The molecule has 2 aliphatic heterocycles. The van der Waals surface area contributed by atoms with E-state index in [1.54, 1.807) is 0 Å². The van der Waals surface area contributed by atoms with Crippen molar-refractivity contribution in [1.29, 1.82) is 0 Å². The maximum Gasteiger partial charge on any atom is 0.104 e.